The number of carbonyl (C=O) groups is 2. The molecule has 2 aromatic rings. The zero-order valence-corrected chi connectivity index (χ0v) is 15.3. The summed E-state index contributed by atoms with van der Waals surface area (Å²) >= 11 is 3.42. The van der Waals surface area contributed by atoms with Crippen LogP contribution in [0.3, 0.4) is 0 Å². The van der Waals surface area contributed by atoms with Gasteiger partial charge in [-0.05, 0) is 32.3 Å². The maximum absolute atomic E-state index is 12.4. The molecule has 1 aliphatic heterocycles. The first-order chi connectivity index (χ1) is 11.5. The molecule has 1 aliphatic rings. The molecular weight excluding hydrogens is 374 g/mol. The fraction of sp³-hybridized carbons (Fsp3) is 0.438. The molecule has 1 aromatic carbocycles. The van der Waals surface area contributed by atoms with E-state index in [1.54, 1.807) is 4.90 Å². The van der Waals surface area contributed by atoms with Crippen LogP contribution in [0.1, 0.15) is 6.42 Å². The third-order valence-electron chi connectivity index (χ3n) is 4.11. The van der Waals surface area contributed by atoms with Gasteiger partial charge in [0.15, 0.2) is 5.82 Å². The highest BCUT2D eigenvalue weighted by Crippen LogP contribution is 2.31. The van der Waals surface area contributed by atoms with Crippen molar-refractivity contribution in [3.8, 4) is 0 Å². The average molecular weight is 394 g/mol. The second-order valence-corrected chi connectivity index (χ2v) is 7.15. The van der Waals surface area contributed by atoms with Crippen LogP contribution in [0.4, 0.5) is 5.82 Å². The summed E-state index contributed by atoms with van der Waals surface area (Å²) in [5, 5.41) is 11.0. The monoisotopic (exact) mass is 393 g/mol. The van der Waals surface area contributed by atoms with Crippen molar-refractivity contribution < 1.29 is 9.59 Å². The number of H-pyrrole nitrogens is 1. The van der Waals surface area contributed by atoms with Crippen molar-refractivity contribution in [2.45, 2.75) is 6.42 Å². The Kier molecular flexibility index (Phi) is 4.86. The zero-order chi connectivity index (χ0) is 17.3. The van der Waals surface area contributed by atoms with Crippen molar-refractivity contribution in [3.63, 3.8) is 0 Å². The Bertz CT molecular complexity index is 773. The molecule has 2 N–H and O–H groups in total. The number of fused-ring (bicyclic) bond motifs is 1. The third kappa shape index (κ3) is 3.44. The number of anilines is 1. The highest BCUT2D eigenvalue weighted by Gasteiger charge is 2.36. The van der Waals surface area contributed by atoms with E-state index in [1.165, 1.54) is 0 Å². The number of hydrogen-bond donors (Lipinski definition) is 2. The van der Waals surface area contributed by atoms with Crippen LogP contribution in [0.5, 0.6) is 0 Å². The Hall–Kier alpha value is -1.93. The van der Waals surface area contributed by atoms with Crippen LogP contribution in [0.15, 0.2) is 22.7 Å². The van der Waals surface area contributed by atoms with Gasteiger partial charge < -0.3 is 10.2 Å². The van der Waals surface area contributed by atoms with Crippen LogP contribution in [-0.2, 0) is 9.59 Å². The van der Waals surface area contributed by atoms with Crippen molar-refractivity contribution >= 4 is 44.5 Å². The topological polar surface area (TPSA) is 81.3 Å². The number of halogens is 1. The van der Waals surface area contributed by atoms with Crippen LogP contribution in [0.25, 0.3) is 10.9 Å². The maximum atomic E-state index is 12.4. The Morgan fingerprint density at radius 2 is 2.29 bits per heavy atom. The Balaban J connectivity index is 1.71. The minimum Gasteiger partial charge on any atom is -0.355 e. The van der Waals surface area contributed by atoms with Crippen LogP contribution in [-0.4, -0.2) is 60.6 Å². The number of rotatable bonds is 5. The van der Waals surface area contributed by atoms with E-state index in [2.05, 4.69) is 31.4 Å². The first-order valence-corrected chi connectivity index (χ1v) is 8.61. The molecule has 0 saturated carbocycles. The Morgan fingerprint density at radius 1 is 1.50 bits per heavy atom. The molecule has 0 radical (unpaired) electrons. The SMILES string of the molecule is CN(C)CCNC(=O)[C@H]1CC(=O)N(c2n[nH]c3cc(Br)ccc23)C1. The van der Waals surface area contributed by atoms with Crippen LogP contribution >= 0.6 is 15.9 Å². The van der Waals surface area contributed by atoms with Gasteiger partial charge in [-0.3, -0.25) is 19.6 Å². The molecule has 1 atom stereocenters. The molecule has 0 aliphatic carbocycles. The molecule has 0 spiro atoms. The average Bonchev–Trinajstić information content (AvgIpc) is 3.09. The molecule has 1 aromatic heterocycles. The molecule has 128 valence electrons. The van der Waals surface area contributed by atoms with Gasteiger partial charge in [-0.1, -0.05) is 15.9 Å². The predicted octanol–water partition coefficient (Wildman–Crippen LogP) is 1.36. The first kappa shape index (κ1) is 16.9. The Morgan fingerprint density at radius 3 is 3.04 bits per heavy atom. The number of nitrogens with zero attached hydrogens (tertiary/aromatic N) is 3. The van der Waals surface area contributed by atoms with E-state index in [1.807, 2.05) is 37.2 Å². The van der Waals surface area contributed by atoms with E-state index in [0.29, 0.717) is 18.9 Å². The number of benzene rings is 1. The minimum atomic E-state index is -0.332. The van der Waals surface area contributed by atoms with Gasteiger partial charge in [-0.25, -0.2) is 0 Å². The van der Waals surface area contributed by atoms with Gasteiger partial charge in [0.1, 0.15) is 0 Å². The second-order valence-electron chi connectivity index (χ2n) is 6.24. The quantitative estimate of drug-likeness (QED) is 0.803. The largest absolute Gasteiger partial charge is 0.355 e. The second kappa shape index (κ2) is 6.90. The van der Waals surface area contributed by atoms with E-state index < -0.39 is 0 Å². The van der Waals surface area contributed by atoms with Crippen molar-refractivity contribution in [2.24, 2.45) is 5.92 Å². The molecule has 0 unspecified atom stereocenters. The van der Waals surface area contributed by atoms with Crippen molar-refractivity contribution in [3.05, 3.63) is 22.7 Å². The van der Waals surface area contributed by atoms with E-state index in [-0.39, 0.29) is 24.2 Å². The lowest BCUT2D eigenvalue weighted by Crippen LogP contribution is -2.36. The third-order valence-corrected chi connectivity index (χ3v) is 4.61. The van der Waals surface area contributed by atoms with Crippen molar-refractivity contribution in [1.29, 1.82) is 0 Å². The predicted molar refractivity (Wildman–Crippen MR) is 95.8 cm³/mol. The number of hydrogen-bond acceptors (Lipinski definition) is 4. The van der Waals surface area contributed by atoms with E-state index in [0.717, 1.165) is 21.9 Å². The first-order valence-electron chi connectivity index (χ1n) is 7.82. The van der Waals surface area contributed by atoms with E-state index >= 15 is 0 Å². The van der Waals surface area contributed by atoms with Crippen molar-refractivity contribution in [1.82, 2.24) is 20.4 Å². The number of nitrogens with one attached hydrogen (secondary N) is 2. The molecule has 24 heavy (non-hydrogen) atoms. The molecular formula is C16H20BrN5O2. The molecule has 3 rings (SSSR count). The summed E-state index contributed by atoms with van der Waals surface area (Å²) in [6, 6.07) is 5.74. The number of carbonyl (C=O) groups excluding carboxylic acids is 2. The summed E-state index contributed by atoms with van der Waals surface area (Å²) < 4.78 is 0.941. The number of amides is 2. The number of aromatic amines is 1. The van der Waals surface area contributed by atoms with E-state index in [4.69, 9.17) is 0 Å². The fourth-order valence-corrected chi connectivity index (χ4v) is 3.18. The van der Waals surface area contributed by atoms with Gasteiger partial charge in [0, 0.05) is 35.9 Å². The van der Waals surface area contributed by atoms with Gasteiger partial charge >= 0.3 is 0 Å². The molecule has 8 heteroatoms. The summed E-state index contributed by atoms with van der Waals surface area (Å²) in [6.45, 7) is 1.72. The van der Waals surface area contributed by atoms with Gasteiger partial charge in [0.25, 0.3) is 0 Å². The number of likely N-dealkylation sites (N-methyl/N-ethyl adjacent to an activating group) is 1. The lowest BCUT2D eigenvalue weighted by atomic mass is 10.1. The van der Waals surface area contributed by atoms with Gasteiger partial charge in [0.05, 0.1) is 11.4 Å². The maximum Gasteiger partial charge on any atom is 0.229 e. The normalized spacial score (nSPS) is 17.9. The van der Waals surface area contributed by atoms with Gasteiger partial charge in [-0.2, -0.15) is 5.10 Å². The molecule has 7 nitrogen and oxygen atoms in total. The molecule has 0 bridgehead atoms. The highest BCUT2D eigenvalue weighted by molar-refractivity contribution is 9.10. The summed E-state index contributed by atoms with van der Waals surface area (Å²) in [5.41, 5.74) is 0.853. The van der Waals surface area contributed by atoms with Crippen molar-refractivity contribution in [2.75, 3.05) is 38.6 Å². The number of aromatic nitrogens is 2. The van der Waals surface area contributed by atoms with E-state index in [9.17, 15) is 9.59 Å². The lowest BCUT2D eigenvalue weighted by Gasteiger charge is -2.15. The fourth-order valence-electron chi connectivity index (χ4n) is 2.82. The highest BCUT2D eigenvalue weighted by atomic mass is 79.9. The summed E-state index contributed by atoms with van der Waals surface area (Å²) in [5.74, 6) is 0.113. The summed E-state index contributed by atoms with van der Waals surface area (Å²) in [6.07, 6.45) is 0.221. The lowest BCUT2D eigenvalue weighted by molar-refractivity contribution is -0.126. The molecule has 2 amide bonds. The zero-order valence-electron chi connectivity index (χ0n) is 13.7. The Labute approximate surface area is 148 Å². The van der Waals surface area contributed by atoms with Gasteiger partial charge in [-0.15, -0.1) is 0 Å². The smallest absolute Gasteiger partial charge is 0.229 e. The molecule has 2 heterocycles. The molecule has 1 saturated heterocycles. The van der Waals surface area contributed by atoms with Crippen LogP contribution in [0.2, 0.25) is 0 Å². The standard InChI is InChI=1S/C16H20BrN5O2/c1-21(2)6-5-18-16(24)10-7-14(23)22(9-10)15-12-4-3-11(17)8-13(12)19-20-15/h3-4,8,10H,5-7,9H2,1-2H3,(H,18,24)(H,19,20)/t10-/m0/s1. The molecule has 1 fully saturated rings. The van der Waals surface area contributed by atoms with Crippen LogP contribution < -0.4 is 10.2 Å². The van der Waals surface area contributed by atoms with Crippen LogP contribution in [0, 0.1) is 5.92 Å². The minimum absolute atomic E-state index is 0.0703. The summed E-state index contributed by atoms with van der Waals surface area (Å²) in [4.78, 5) is 28.2. The van der Waals surface area contributed by atoms with Gasteiger partial charge in [0.2, 0.25) is 11.8 Å². The summed E-state index contributed by atoms with van der Waals surface area (Å²) in [7, 11) is 3.90.